The zero-order chi connectivity index (χ0) is 19.5. The van der Waals surface area contributed by atoms with Crippen molar-refractivity contribution in [1.29, 1.82) is 0 Å². The highest BCUT2D eigenvalue weighted by Gasteiger charge is 2.22. The summed E-state index contributed by atoms with van der Waals surface area (Å²) in [5, 5.41) is 1.07. The smallest absolute Gasteiger partial charge is 0.258 e. The number of nitrogens with one attached hydrogen (secondary N) is 1. The fourth-order valence-electron chi connectivity index (χ4n) is 3.56. The summed E-state index contributed by atoms with van der Waals surface area (Å²) >= 11 is 6.18. The molecule has 3 aromatic rings. The van der Waals surface area contributed by atoms with Crippen LogP contribution in [0.1, 0.15) is 22.6 Å². The number of aromatic nitrogens is 2. The maximum Gasteiger partial charge on any atom is 0.258 e. The van der Waals surface area contributed by atoms with Gasteiger partial charge in [0.25, 0.3) is 11.5 Å². The number of para-hydroxylation sites is 1. The molecule has 28 heavy (non-hydrogen) atoms. The van der Waals surface area contributed by atoms with Gasteiger partial charge in [-0.1, -0.05) is 35.9 Å². The van der Waals surface area contributed by atoms with Gasteiger partial charge < -0.3 is 9.88 Å². The van der Waals surface area contributed by atoms with Crippen molar-refractivity contribution < 1.29 is 4.79 Å². The minimum Gasteiger partial charge on any atom is -0.337 e. The molecule has 1 amide bonds. The van der Waals surface area contributed by atoms with Crippen LogP contribution < -0.4 is 5.56 Å². The number of fused-ring (bicyclic) bond motifs is 1. The molecule has 0 aliphatic carbocycles. The van der Waals surface area contributed by atoms with Crippen LogP contribution in [0.2, 0.25) is 5.02 Å². The van der Waals surface area contributed by atoms with Crippen LogP contribution in [0.25, 0.3) is 10.9 Å². The van der Waals surface area contributed by atoms with E-state index in [9.17, 15) is 9.59 Å². The fourth-order valence-corrected chi connectivity index (χ4v) is 3.78. The minimum absolute atomic E-state index is 0.0373. The third-order valence-electron chi connectivity index (χ3n) is 5.02. The highest BCUT2D eigenvalue weighted by atomic mass is 35.5. The van der Waals surface area contributed by atoms with E-state index in [-0.39, 0.29) is 11.5 Å². The van der Waals surface area contributed by atoms with E-state index in [1.807, 2.05) is 35.2 Å². The number of benzene rings is 2. The normalized spacial score (nSPS) is 15.5. The number of hydrogen-bond donors (Lipinski definition) is 1. The Bertz CT molecular complexity index is 1070. The Kier molecular flexibility index (Phi) is 5.41. The monoisotopic (exact) mass is 396 g/mol. The first-order valence-electron chi connectivity index (χ1n) is 9.36. The van der Waals surface area contributed by atoms with Crippen molar-refractivity contribution in [3.63, 3.8) is 0 Å². The van der Waals surface area contributed by atoms with Crippen LogP contribution in [0.15, 0.2) is 53.3 Å². The van der Waals surface area contributed by atoms with Gasteiger partial charge in [0.1, 0.15) is 5.82 Å². The van der Waals surface area contributed by atoms with Gasteiger partial charge in [0, 0.05) is 26.2 Å². The average molecular weight is 397 g/mol. The first-order chi connectivity index (χ1) is 13.6. The Morgan fingerprint density at radius 3 is 2.68 bits per heavy atom. The number of rotatable bonds is 3. The Morgan fingerprint density at radius 2 is 1.82 bits per heavy atom. The number of aromatic amines is 1. The molecule has 1 aliphatic heterocycles. The van der Waals surface area contributed by atoms with Crippen molar-refractivity contribution in [2.45, 2.75) is 13.0 Å². The molecule has 1 aliphatic rings. The number of hydrogen-bond acceptors (Lipinski definition) is 4. The van der Waals surface area contributed by atoms with E-state index in [2.05, 4.69) is 14.9 Å². The molecule has 1 N–H and O–H groups in total. The Morgan fingerprint density at radius 1 is 1.04 bits per heavy atom. The quantitative estimate of drug-likeness (QED) is 0.739. The number of amides is 1. The van der Waals surface area contributed by atoms with Crippen LogP contribution in [0.5, 0.6) is 0 Å². The predicted molar refractivity (Wildman–Crippen MR) is 110 cm³/mol. The van der Waals surface area contributed by atoms with Gasteiger partial charge in [-0.2, -0.15) is 0 Å². The molecule has 144 valence electrons. The SMILES string of the molecule is O=C(c1ccccc1Cl)N1CCCN(Cc2nc3ccccc3c(=O)[nH]2)CC1. The van der Waals surface area contributed by atoms with Gasteiger partial charge in [0.2, 0.25) is 0 Å². The van der Waals surface area contributed by atoms with E-state index in [4.69, 9.17) is 11.6 Å². The Balaban J connectivity index is 1.45. The lowest BCUT2D eigenvalue weighted by atomic mass is 10.2. The van der Waals surface area contributed by atoms with E-state index in [1.165, 1.54) is 0 Å². The third-order valence-corrected chi connectivity index (χ3v) is 5.34. The van der Waals surface area contributed by atoms with Crippen LogP contribution in [0.3, 0.4) is 0 Å². The lowest BCUT2D eigenvalue weighted by molar-refractivity contribution is 0.0761. The van der Waals surface area contributed by atoms with Crippen molar-refractivity contribution >= 4 is 28.4 Å². The molecule has 1 aromatic heterocycles. The fraction of sp³-hybridized carbons (Fsp3) is 0.286. The summed E-state index contributed by atoms with van der Waals surface area (Å²) in [6.45, 7) is 3.40. The van der Waals surface area contributed by atoms with E-state index < -0.39 is 0 Å². The van der Waals surface area contributed by atoms with Gasteiger partial charge in [-0.25, -0.2) is 4.98 Å². The number of nitrogens with zero attached hydrogens (tertiary/aromatic N) is 3. The molecule has 2 aromatic carbocycles. The minimum atomic E-state index is -0.119. The average Bonchev–Trinajstić information content (AvgIpc) is 2.93. The number of carbonyl (C=O) groups is 1. The molecule has 0 saturated carbocycles. The highest BCUT2D eigenvalue weighted by Crippen LogP contribution is 2.18. The molecule has 0 spiro atoms. The largest absolute Gasteiger partial charge is 0.337 e. The van der Waals surface area contributed by atoms with E-state index in [1.54, 1.807) is 18.2 Å². The van der Waals surface area contributed by atoms with E-state index >= 15 is 0 Å². The van der Waals surface area contributed by atoms with Crippen LogP contribution in [0.4, 0.5) is 0 Å². The summed E-state index contributed by atoms with van der Waals surface area (Å²) in [5.41, 5.74) is 1.12. The summed E-state index contributed by atoms with van der Waals surface area (Å²) in [7, 11) is 0. The second-order valence-corrected chi connectivity index (χ2v) is 7.34. The summed E-state index contributed by atoms with van der Waals surface area (Å²) < 4.78 is 0. The molecule has 0 atom stereocenters. The summed E-state index contributed by atoms with van der Waals surface area (Å²) in [4.78, 5) is 36.6. The molecule has 0 bridgehead atoms. The molecule has 0 unspecified atom stereocenters. The predicted octanol–water partition coefficient (Wildman–Crippen LogP) is 2.92. The van der Waals surface area contributed by atoms with Gasteiger partial charge in [0.05, 0.1) is 28.0 Å². The van der Waals surface area contributed by atoms with Crippen molar-refractivity contribution in [2.75, 3.05) is 26.2 Å². The van der Waals surface area contributed by atoms with Gasteiger partial charge in [-0.3, -0.25) is 14.5 Å². The standard InChI is InChI=1S/C21H21ClN4O2/c22-17-8-3-1-6-15(17)21(28)26-11-5-10-25(12-13-26)14-19-23-18-9-4-2-7-16(18)20(27)24-19/h1-4,6-9H,5,10-14H2,(H,23,24,27). The number of carbonyl (C=O) groups excluding carboxylic acids is 1. The molecular weight excluding hydrogens is 376 g/mol. The first-order valence-corrected chi connectivity index (χ1v) is 9.74. The Labute approximate surface area is 167 Å². The summed E-state index contributed by atoms with van der Waals surface area (Å²) in [6, 6.07) is 14.5. The molecule has 1 fully saturated rings. The van der Waals surface area contributed by atoms with E-state index in [0.29, 0.717) is 53.5 Å². The third kappa shape index (κ3) is 3.93. The van der Waals surface area contributed by atoms with Crippen LogP contribution in [-0.2, 0) is 6.54 Å². The second kappa shape index (κ2) is 8.12. The topological polar surface area (TPSA) is 69.3 Å². The zero-order valence-electron chi connectivity index (χ0n) is 15.4. The van der Waals surface area contributed by atoms with Gasteiger partial charge >= 0.3 is 0 Å². The molecule has 2 heterocycles. The van der Waals surface area contributed by atoms with Gasteiger partial charge in [-0.05, 0) is 30.7 Å². The Hall–Kier alpha value is -2.70. The summed E-state index contributed by atoms with van der Waals surface area (Å²) in [5.74, 6) is 0.610. The highest BCUT2D eigenvalue weighted by molar-refractivity contribution is 6.33. The maximum absolute atomic E-state index is 12.8. The summed E-state index contributed by atoms with van der Waals surface area (Å²) in [6.07, 6.45) is 0.855. The van der Waals surface area contributed by atoms with Crippen molar-refractivity contribution in [2.24, 2.45) is 0 Å². The molecule has 4 rings (SSSR count). The van der Waals surface area contributed by atoms with Gasteiger partial charge in [0.15, 0.2) is 0 Å². The van der Waals surface area contributed by atoms with Crippen molar-refractivity contribution in [3.05, 3.63) is 75.3 Å². The maximum atomic E-state index is 12.8. The van der Waals surface area contributed by atoms with Crippen LogP contribution in [0, 0.1) is 0 Å². The van der Waals surface area contributed by atoms with Crippen molar-refractivity contribution in [3.8, 4) is 0 Å². The first kappa shape index (κ1) is 18.7. The van der Waals surface area contributed by atoms with Crippen molar-refractivity contribution in [1.82, 2.24) is 19.8 Å². The lowest BCUT2D eigenvalue weighted by Gasteiger charge is -2.22. The molecule has 0 radical (unpaired) electrons. The molecule has 6 nitrogen and oxygen atoms in total. The van der Waals surface area contributed by atoms with E-state index in [0.717, 1.165) is 13.0 Å². The molecule has 1 saturated heterocycles. The number of H-pyrrole nitrogens is 1. The van der Waals surface area contributed by atoms with Crippen LogP contribution >= 0.6 is 11.6 Å². The molecule has 7 heteroatoms. The second-order valence-electron chi connectivity index (χ2n) is 6.93. The molecular formula is C21H21ClN4O2. The van der Waals surface area contributed by atoms with Crippen LogP contribution in [-0.4, -0.2) is 51.9 Å². The van der Waals surface area contributed by atoms with Gasteiger partial charge in [-0.15, -0.1) is 0 Å². The zero-order valence-corrected chi connectivity index (χ0v) is 16.2. The lowest BCUT2D eigenvalue weighted by Crippen LogP contribution is -2.35. The number of halogens is 1.